The molecule has 0 saturated carbocycles. The van der Waals surface area contributed by atoms with Gasteiger partial charge in [0.25, 0.3) is 0 Å². The Kier molecular flexibility index (Phi) is 1.77. The fourth-order valence-electron chi connectivity index (χ4n) is 2.11. The number of benzene rings is 2. The Balaban J connectivity index is 2.41. The molecule has 0 spiro atoms. The summed E-state index contributed by atoms with van der Waals surface area (Å²) in [7, 11) is 0. The van der Waals surface area contributed by atoms with E-state index in [0.717, 1.165) is 16.7 Å². The highest BCUT2D eigenvalue weighted by Gasteiger charge is 2.26. The Labute approximate surface area is 93.1 Å². The first-order chi connectivity index (χ1) is 7.79. The molecule has 0 atom stereocenters. The Morgan fingerprint density at radius 1 is 0.688 bits per heavy atom. The number of ketones is 1. The van der Waals surface area contributed by atoms with Crippen molar-refractivity contribution in [3.05, 3.63) is 59.7 Å². The highest BCUT2D eigenvalue weighted by Crippen LogP contribution is 2.32. The molecular weight excluding hydrogens is 198 g/mol. The van der Waals surface area contributed by atoms with Gasteiger partial charge in [-0.05, 0) is 11.1 Å². The SMILES string of the molecule is N=C1C(=O)c2ccccc2-c2ccccc21. The molecule has 0 bridgehead atoms. The number of rotatable bonds is 0. The maximum absolute atomic E-state index is 12.0. The largest absolute Gasteiger partial charge is 0.296 e. The topological polar surface area (TPSA) is 40.9 Å². The van der Waals surface area contributed by atoms with Crippen LogP contribution in [0.3, 0.4) is 0 Å². The smallest absolute Gasteiger partial charge is 0.211 e. The molecule has 0 radical (unpaired) electrons. The Morgan fingerprint density at radius 3 is 1.75 bits per heavy atom. The first kappa shape index (κ1) is 9.04. The van der Waals surface area contributed by atoms with E-state index in [1.54, 1.807) is 6.07 Å². The van der Waals surface area contributed by atoms with Crippen molar-refractivity contribution >= 4 is 11.5 Å². The van der Waals surface area contributed by atoms with Crippen molar-refractivity contribution in [1.29, 1.82) is 5.41 Å². The lowest BCUT2D eigenvalue weighted by Crippen LogP contribution is -2.20. The van der Waals surface area contributed by atoms with Crippen LogP contribution in [0.1, 0.15) is 15.9 Å². The normalized spacial score (nSPS) is 13.2. The van der Waals surface area contributed by atoms with E-state index in [9.17, 15) is 4.79 Å². The molecule has 16 heavy (non-hydrogen) atoms. The quantitative estimate of drug-likeness (QED) is 0.709. The van der Waals surface area contributed by atoms with E-state index < -0.39 is 0 Å². The zero-order chi connectivity index (χ0) is 11.1. The molecule has 0 unspecified atom stereocenters. The van der Waals surface area contributed by atoms with E-state index in [-0.39, 0.29) is 11.5 Å². The molecule has 0 fully saturated rings. The molecule has 1 aliphatic rings. The average molecular weight is 207 g/mol. The van der Waals surface area contributed by atoms with Gasteiger partial charge in [0.15, 0.2) is 0 Å². The molecule has 2 aromatic carbocycles. The number of carbonyl (C=O) groups is 1. The second-order valence-electron chi connectivity index (χ2n) is 3.80. The molecule has 2 aromatic rings. The van der Waals surface area contributed by atoms with Crippen LogP contribution in [0.25, 0.3) is 11.1 Å². The van der Waals surface area contributed by atoms with Crippen LogP contribution in [0.4, 0.5) is 0 Å². The molecule has 0 aliphatic heterocycles. The van der Waals surface area contributed by atoms with E-state index in [4.69, 9.17) is 5.41 Å². The number of nitrogens with one attached hydrogen (secondary N) is 1. The van der Waals surface area contributed by atoms with Crippen molar-refractivity contribution in [2.45, 2.75) is 0 Å². The van der Waals surface area contributed by atoms with E-state index in [1.165, 1.54) is 0 Å². The predicted molar refractivity (Wildman–Crippen MR) is 63.0 cm³/mol. The van der Waals surface area contributed by atoms with Gasteiger partial charge < -0.3 is 0 Å². The Hall–Kier alpha value is -2.22. The van der Waals surface area contributed by atoms with E-state index in [0.29, 0.717) is 5.56 Å². The van der Waals surface area contributed by atoms with Crippen LogP contribution in [0.15, 0.2) is 48.5 Å². The van der Waals surface area contributed by atoms with Crippen LogP contribution in [0, 0.1) is 5.41 Å². The third kappa shape index (κ3) is 1.07. The summed E-state index contributed by atoms with van der Waals surface area (Å²) < 4.78 is 0. The molecular formula is C14H9NO. The number of Topliss-reactive ketones (excluding diaryl/α,β-unsaturated/α-hetero) is 1. The molecule has 2 heteroatoms. The minimum atomic E-state index is -0.186. The molecule has 0 heterocycles. The van der Waals surface area contributed by atoms with Crippen molar-refractivity contribution in [3.63, 3.8) is 0 Å². The minimum Gasteiger partial charge on any atom is -0.296 e. The fraction of sp³-hybridized carbons (Fsp3) is 0. The van der Waals surface area contributed by atoms with Crippen LogP contribution < -0.4 is 0 Å². The van der Waals surface area contributed by atoms with Gasteiger partial charge in [0.1, 0.15) is 5.71 Å². The van der Waals surface area contributed by atoms with Gasteiger partial charge in [-0.25, -0.2) is 0 Å². The molecule has 2 nitrogen and oxygen atoms in total. The van der Waals surface area contributed by atoms with E-state index in [2.05, 4.69) is 0 Å². The molecule has 0 aromatic heterocycles. The van der Waals surface area contributed by atoms with Crippen LogP contribution in [-0.4, -0.2) is 11.5 Å². The summed E-state index contributed by atoms with van der Waals surface area (Å²) in [5.74, 6) is -0.186. The molecule has 3 rings (SSSR count). The van der Waals surface area contributed by atoms with Gasteiger partial charge in [0.2, 0.25) is 5.78 Å². The molecule has 0 amide bonds. The highest BCUT2D eigenvalue weighted by molar-refractivity contribution is 6.53. The Bertz CT molecular complexity index is 558. The molecule has 1 N–H and O–H groups in total. The van der Waals surface area contributed by atoms with Gasteiger partial charge in [0.05, 0.1) is 0 Å². The minimum absolute atomic E-state index is 0.0919. The zero-order valence-corrected chi connectivity index (χ0v) is 8.53. The summed E-state index contributed by atoms with van der Waals surface area (Å²) in [5, 5.41) is 7.86. The van der Waals surface area contributed by atoms with Crippen LogP contribution in [0.2, 0.25) is 0 Å². The van der Waals surface area contributed by atoms with Crippen molar-refractivity contribution in [1.82, 2.24) is 0 Å². The van der Waals surface area contributed by atoms with Crippen molar-refractivity contribution in [2.24, 2.45) is 0 Å². The van der Waals surface area contributed by atoms with Gasteiger partial charge in [0, 0.05) is 11.1 Å². The van der Waals surface area contributed by atoms with Crippen LogP contribution >= 0.6 is 0 Å². The maximum atomic E-state index is 12.0. The fourth-order valence-corrected chi connectivity index (χ4v) is 2.11. The monoisotopic (exact) mass is 207 g/mol. The molecule has 76 valence electrons. The molecule has 1 aliphatic carbocycles. The van der Waals surface area contributed by atoms with Gasteiger partial charge >= 0.3 is 0 Å². The number of carbonyl (C=O) groups excluding carboxylic acids is 1. The number of fused-ring (bicyclic) bond motifs is 3. The lowest BCUT2D eigenvalue weighted by Gasteiger charge is -2.18. The molecule has 0 saturated heterocycles. The zero-order valence-electron chi connectivity index (χ0n) is 8.53. The van der Waals surface area contributed by atoms with E-state index in [1.807, 2.05) is 42.5 Å². The summed E-state index contributed by atoms with van der Waals surface area (Å²) in [6.45, 7) is 0. The second kappa shape index (κ2) is 3.14. The van der Waals surface area contributed by atoms with Gasteiger partial charge in [-0.1, -0.05) is 48.5 Å². The Morgan fingerprint density at radius 2 is 1.12 bits per heavy atom. The first-order valence-electron chi connectivity index (χ1n) is 5.11. The summed E-state index contributed by atoms with van der Waals surface area (Å²) in [6.07, 6.45) is 0. The van der Waals surface area contributed by atoms with Crippen molar-refractivity contribution in [2.75, 3.05) is 0 Å². The van der Waals surface area contributed by atoms with Crippen LogP contribution in [-0.2, 0) is 0 Å². The number of hydrogen-bond acceptors (Lipinski definition) is 2. The lowest BCUT2D eigenvalue weighted by molar-refractivity contribution is 0.106. The standard InChI is InChI=1S/C14H9NO/c15-13-11-7-3-1-5-9(11)10-6-2-4-8-12(10)14(13)16/h1-8,15H. The summed E-state index contributed by atoms with van der Waals surface area (Å²) in [5.41, 5.74) is 3.36. The second-order valence-corrected chi connectivity index (χ2v) is 3.80. The van der Waals surface area contributed by atoms with Gasteiger partial charge in [-0.2, -0.15) is 0 Å². The maximum Gasteiger partial charge on any atom is 0.211 e. The van der Waals surface area contributed by atoms with E-state index >= 15 is 0 Å². The summed E-state index contributed by atoms with van der Waals surface area (Å²) in [4.78, 5) is 12.0. The van der Waals surface area contributed by atoms with Crippen molar-refractivity contribution < 1.29 is 4.79 Å². The number of hydrogen-bond donors (Lipinski definition) is 1. The van der Waals surface area contributed by atoms with Crippen LogP contribution in [0.5, 0.6) is 0 Å². The predicted octanol–water partition coefficient (Wildman–Crippen LogP) is 2.92. The lowest BCUT2D eigenvalue weighted by atomic mass is 9.84. The third-order valence-electron chi connectivity index (χ3n) is 2.89. The van der Waals surface area contributed by atoms with Gasteiger partial charge in [-0.15, -0.1) is 0 Å². The third-order valence-corrected chi connectivity index (χ3v) is 2.89. The van der Waals surface area contributed by atoms with Gasteiger partial charge in [-0.3, -0.25) is 10.2 Å². The average Bonchev–Trinajstić information content (AvgIpc) is 2.36. The summed E-state index contributed by atoms with van der Waals surface area (Å²) in [6, 6.07) is 15.0. The highest BCUT2D eigenvalue weighted by atomic mass is 16.1. The first-order valence-corrected chi connectivity index (χ1v) is 5.11. The van der Waals surface area contributed by atoms with Crippen molar-refractivity contribution in [3.8, 4) is 11.1 Å². The summed E-state index contributed by atoms with van der Waals surface area (Å²) >= 11 is 0.